The molecule has 0 amide bonds. The van der Waals surface area contributed by atoms with E-state index in [1.165, 1.54) is 5.56 Å². The highest BCUT2D eigenvalue weighted by Gasteiger charge is 2.12. The molecule has 1 aromatic heterocycles. The molecular weight excluding hydrogens is 242 g/mol. The molecule has 0 saturated carbocycles. The highest BCUT2D eigenvalue weighted by Crippen LogP contribution is 2.16. The van der Waals surface area contributed by atoms with E-state index in [1.54, 1.807) is 0 Å². The molecule has 4 heteroatoms. The highest BCUT2D eigenvalue weighted by molar-refractivity contribution is 5.20. The monoisotopic (exact) mass is 269 g/mol. The molecule has 19 heavy (non-hydrogen) atoms. The van der Waals surface area contributed by atoms with E-state index < -0.39 is 0 Å². The second-order valence-corrected chi connectivity index (χ2v) is 5.65. The molecule has 0 spiro atoms. The Bertz CT molecular complexity index is 366. The van der Waals surface area contributed by atoms with Crippen molar-refractivity contribution in [2.24, 2.45) is 0 Å². The fourth-order valence-corrected chi connectivity index (χ4v) is 1.63. The average Bonchev–Trinajstić information content (AvgIpc) is 2.66. The van der Waals surface area contributed by atoms with Gasteiger partial charge in [0.05, 0.1) is 13.2 Å². The van der Waals surface area contributed by atoms with Gasteiger partial charge in [-0.3, -0.25) is 0 Å². The molecule has 110 valence electrons. The summed E-state index contributed by atoms with van der Waals surface area (Å²) in [7, 11) is 0. The Morgan fingerprint density at radius 2 is 1.89 bits per heavy atom. The largest absolute Gasteiger partial charge is 0.464 e. The molecule has 0 fully saturated rings. The quantitative estimate of drug-likeness (QED) is 0.737. The molecule has 0 aliphatic carbocycles. The summed E-state index contributed by atoms with van der Waals surface area (Å²) in [4.78, 5) is 0. The van der Waals surface area contributed by atoms with E-state index in [0.717, 1.165) is 24.7 Å². The van der Waals surface area contributed by atoms with Gasteiger partial charge in [-0.25, -0.2) is 0 Å². The maximum absolute atomic E-state index is 5.68. The summed E-state index contributed by atoms with van der Waals surface area (Å²) < 4.78 is 16.4. The molecule has 0 saturated heterocycles. The summed E-state index contributed by atoms with van der Waals surface area (Å²) in [5.41, 5.74) is 1.30. The molecule has 0 radical (unpaired) electrons. The fraction of sp³-hybridized carbons (Fsp3) is 0.733. The second-order valence-electron chi connectivity index (χ2n) is 5.65. The van der Waals surface area contributed by atoms with Crippen molar-refractivity contribution in [1.82, 2.24) is 5.32 Å². The number of hydrogen-bond donors (Lipinski definition) is 1. The fourth-order valence-electron chi connectivity index (χ4n) is 1.63. The third-order valence-corrected chi connectivity index (χ3v) is 2.70. The molecule has 4 nitrogen and oxygen atoms in total. The van der Waals surface area contributed by atoms with E-state index >= 15 is 0 Å². The van der Waals surface area contributed by atoms with Crippen molar-refractivity contribution in [2.75, 3.05) is 19.8 Å². The van der Waals surface area contributed by atoms with Gasteiger partial charge in [0.2, 0.25) is 0 Å². The maximum Gasteiger partial charge on any atom is 0.130 e. The minimum Gasteiger partial charge on any atom is -0.464 e. The van der Waals surface area contributed by atoms with Crippen LogP contribution in [0.1, 0.15) is 44.8 Å². The van der Waals surface area contributed by atoms with E-state index in [9.17, 15) is 0 Å². The summed E-state index contributed by atoms with van der Waals surface area (Å²) in [6.07, 6.45) is 0. The molecule has 0 aliphatic rings. The minimum absolute atomic E-state index is 0.109. The third kappa shape index (κ3) is 6.76. The average molecular weight is 269 g/mol. The smallest absolute Gasteiger partial charge is 0.130 e. The van der Waals surface area contributed by atoms with Gasteiger partial charge in [-0.05, 0) is 40.7 Å². The van der Waals surface area contributed by atoms with Crippen LogP contribution in [0.2, 0.25) is 0 Å². The zero-order valence-corrected chi connectivity index (χ0v) is 12.8. The summed E-state index contributed by atoms with van der Waals surface area (Å²) in [5, 5.41) is 3.46. The first kappa shape index (κ1) is 16.2. The van der Waals surface area contributed by atoms with Crippen molar-refractivity contribution in [2.45, 2.75) is 53.3 Å². The first-order valence-electron chi connectivity index (χ1n) is 6.91. The zero-order chi connectivity index (χ0) is 14.3. The Morgan fingerprint density at radius 3 is 2.53 bits per heavy atom. The van der Waals surface area contributed by atoms with Gasteiger partial charge in [-0.1, -0.05) is 0 Å². The lowest BCUT2D eigenvalue weighted by Gasteiger charge is -2.20. The predicted molar refractivity (Wildman–Crippen MR) is 76.2 cm³/mol. The number of aryl methyl sites for hydroxylation is 1. The summed E-state index contributed by atoms with van der Waals surface area (Å²) >= 11 is 0. The van der Waals surface area contributed by atoms with Crippen LogP contribution in [0.4, 0.5) is 0 Å². The van der Waals surface area contributed by atoms with Gasteiger partial charge in [-0.2, -0.15) is 0 Å². The number of rotatable bonds is 8. The predicted octanol–water partition coefficient (Wildman–Crippen LogP) is 3.03. The first-order chi connectivity index (χ1) is 8.92. The summed E-state index contributed by atoms with van der Waals surface area (Å²) in [6.45, 7) is 13.7. The van der Waals surface area contributed by atoms with Gasteiger partial charge < -0.3 is 19.2 Å². The van der Waals surface area contributed by atoms with Gasteiger partial charge in [0, 0.05) is 24.3 Å². The molecule has 1 rings (SSSR count). The van der Waals surface area contributed by atoms with Crippen molar-refractivity contribution < 1.29 is 13.9 Å². The Balaban J connectivity index is 2.36. The molecule has 0 aliphatic heterocycles. The van der Waals surface area contributed by atoms with Gasteiger partial charge in [-0.15, -0.1) is 0 Å². The van der Waals surface area contributed by atoms with Crippen LogP contribution in [0.3, 0.4) is 0 Å². The Kier molecular flexibility index (Phi) is 6.55. The minimum atomic E-state index is 0.109. The number of nitrogens with one attached hydrogen (secondary N) is 1. The number of furan rings is 1. The Morgan fingerprint density at radius 1 is 1.21 bits per heavy atom. The second kappa shape index (κ2) is 7.68. The van der Waals surface area contributed by atoms with Crippen molar-refractivity contribution in [3.63, 3.8) is 0 Å². The lowest BCUT2D eigenvalue weighted by Crippen LogP contribution is -2.35. The van der Waals surface area contributed by atoms with Crippen molar-refractivity contribution >= 4 is 0 Å². The van der Waals surface area contributed by atoms with Crippen molar-refractivity contribution in [3.8, 4) is 0 Å². The van der Waals surface area contributed by atoms with Crippen molar-refractivity contribution in [1.29, 1.82) is 0 Å². The van der Waals surface area contributed by atoms with Crippen LogP contribution >= 0.6 is 0 Å². The van der Waals surface area contributed by atoms with Gasteiger partial charge in [0.15, 0.2) is 0 Å². The lowest BCUT2D eigenvalue weighted by atomic mass is 10.1. The summed E-state index contributed by atoms with van der Waals surface area (Å²) in [5.74, 6) is 1.83. The Hall–Kier alpha value is -0.840. The van der Waals surface area contributed by atoms with E-state index in [2.05, 4.69) is 32.2 Å². The van der Waals surface area contributed by atoms with Gasteiger partial charge in [0.25, 0.3) is 0 Å². The lowest BCUT2D eigenvalue weighted by molar-refractivity contribution is 0.0388. The van der Waals surface area contributed by atoms with E-state index in [1.807, 2.05) is 13.8 Å². The van der Waals surface area contributed by atoms with E-state index in [4.69, 9.17) is 13.9 Å². The number of ether oxygens (including phenoxy) is 2. The zero-order valence-electron chi connectivity index (χ0n) is 12.8. The molecule has 1 N–H and O–H groups in total. The van der Waals surface area contributed by atoms with Crippen LogP contribution in [-0.4, -0.2) is 25.4 Å². The van der Waals surface area contributed by atoms with Gasteiger partial charge in [0.1, 0.15) is 18.1 Å². The van der Waals surface area contributed by atoms with Crippen LogP contribution in [0, 0.1) is 6.92 Å². The molecule has 0 aromatic carbocycles. The topological polar surface area (TPSA) is 43.6 Å². The SMILES string of the molecule is CCOCCOCc1cc(CNC(C)(C)C)c(C)o1. The molecule has 0 bridgehead atoms. The highest BCUT2D eigenvalue weighted by atomic mass is 16.5. The normalized spacial score (nSPS) is 12.1. The maximum atomic E-state index is 5.68. The molecule has 1 aromatic rings. The van der Waals surface area contributed by atoms with Gasteiger partial charge >= 0.3 is 0 Å². The Labute approximate surface area is 116 Å². The van der Waals surface area contributed by atoms with Crippen LogP contribution < -0.4 is 5.32 Å². The molecule has 0 unspecified atom stereocenters. The van der Waals surface area contributed by atoms with Crippen LogP contribution in [0.25, 0.3) is 0 Å². The van der Waals surface area contributed by atoms with Crippen LogP contribution in [0.5, 0.6) is 0 Å². The molecule has 0 atom stereocenters. The molecular formula is C15H27NO3. The number of hydrogen-bond acceptors (Lipinski definition) is 4. The van der Waals surface area contributed by atoms with Crippen LogP contribution in [0.15, 0.2) is 10.5 Å². The van der Waals surface area contributed by atoms with Crippen LogP contribution in [-0.2, 0) is 22.6 Å². The molecule has 1 heterocycles. The van der Waals surface area contributed by atoms with E-state index in [-0.39, 0.29) is 5.54 Å². The van der Waals surface area contributed by atoms with E-state index in [0.29, 0.717) is 19.8 Å². The standard InChI is InChI=1S/C15H27NO3/c1-6-17-7-8-18-11-14-9-13(12(2)19-14)10-16-15(3,4)5/h9,16H,6-8,10-11H2,1-5H3. The third-order valence-electron chi connectivity index (χ3n) is 2.70. The van der Waals surface area contributed by atoms with Crippen molar-refractivity contribution in [3.05, 3.63) is 23.2 Å². The summed E-state index contributed by atoms with van der Waals surface area (Å²) in [6, 6.07) is 2.06. The first-order valence-corrected chi connectivity index (χ1v) is 6.91.